The number of nitrogens with zero attached hydrogens (tertiary/aromatic N) is 2. The van der Waals surface area contributed by atoms with Gasteiger partial charge in [-0.1, -0.05) is 60.7 Å². The molecule has 2 heterocycles. The van der Waals surface area contributed by atoms with Gasteiger partial charge < -0.3 is 19.1 Å². The molecule has 0 aromatic heterocycles. The second kappa shape index (κ2) is 14.3. The van der Waals surface area contributed by atoms with E-state index in [1.54, 1.807) is 21.6 Å². The number of benzene rings is 2. The molecule has 0 saturated carbocycles. The number of rotatable bonds is 12. The summed E-state index contributed by atoms with van der Waals surface area (Å²) in [5.74, 6) is -0.0912. The van der Waals surface area contributed by atoms with Crippen LogP contribution in [0.1, 0.15) is 43.2 Å². The third-order valence-electron chi connectivity index (χ3n) is 7.69. The molecule has 4 rings (SSSR count). The van der Waals surface area contributed by atoms with E-state index in [1.807, 2.05) is 66.9 Å². The van der Waals surface area contributed by atoms with Crippen LogP contribution < -0.4 is 5.09 Å². The maximum Gasteiger partial charge on any atom is 0.328 e. The van der Waals surface area contributed by atoms with E-state index < -0.39 is 31.4 Å². The summed E-state index contributed by atoms with van der Waals surface area (Å²) in [5, 5.41) is 3.36. The van der Waals surface area contributed by atoms with Crippen molar-refractivity contribution in [3.05, 3.63) is 71.8 Å². The van der Waals surface area contributed by atoms with Gasteiger partial charge in [0.1, 0.15) is 12.1 Å². The Morgan fingerprint density at radius 1 is 0.925 bits per heavy atom. The molecule has 3 atom stereocenters. The van der Waals surface area contributed by atoms with Gasteiger partial charge in [0, 0.05) is 25.4 Å². The van der Waals surface area contributed by atoms with Gasteiger partial charge in [0.05, 0.1) is 13.2 Å². The normalized spacial score (nSPS) is 19.9. The van der Waals surface area contributed by atoms with Gasteiger partial charge in [-0.05, 0) is 55.2 Å². The number of thioether (sulfide) groups is 1. The molecule has 10 heteroatoms. The minimum atomic E-state index is -3.11. The van der Waals surface area contributed by atoms with E-state index in [0.717, 1.165) is 17.5 Å². The first-order valence-electron chi connectivity index (χ1n) is 14.0. The lowest BCUT2D eigenvalue weighted by atomic mass is 10.1. The van der Waals surface area contributed by atoms with E-state index in [2.05, 4.69) is 5.09 Å². The molecule has 216 valence electrons. The number of carbonyl (C=O) groups excluding carboxylic acids is 3. The van der Waals surface area contributed by atoms with Crippen molar-refractivity contribution in [1.82, 2.24) is 14.9 Å². The Hall–Kier alpha value is -2.61. The largest absolute Gasteiger partial charge is 0.467 e. The number of ether oxygens (including phenoxy) is 1. The lowest BCUT2D eigenvalue weighted by molar-refractivity contribution is -0.153. The van der Waals surface area contributed by atoms with Crippen LogP contribution in [0, 0.1) is 0 Å². The minimum Gasteiger partial charge on any atom is -0.467 e. The highest BCUT2D eigenvalue weighted by atomic mass is 32.2. The first-order valence-corrected chi connectivity index (χ1v) is 17.4. The van der Waals surface area contributed by atoms with Crippen molar-refractivity contribution in [1.29, 1.82) is 0 Å². The maximum atomic E-state index is 14.6. The van der Waals surface area contributed by atoms with Crippen molar-refractivity contribution >= 4 is 36.8 Å². The van der Waals surface area contributed by atoms with Crippen LogP contribution >= 0.6 is 19.1 Å². The Morgan fingerprint density at radius 3 is 2.02 bits per heavy atom. The van der Waals surface area contributed by atoms with E-state index >= 15 is 0 Å². The fraction of sp³-hybridized carbons (Fsp3) is 0.500. The van der Waals surface area contributed by atoms with Gasteiger partial charge in [0.25, 0.3) is 0 Å². The van der Waals surface area contributed by atoms with Crippen molar-refractivity contribution in [2.75, 3.05) is 32.2 Å². The van der Waals surface area contributed by atoms with E-state index in [0.29, 0.717) is 56.8 Å². The zero-order valence-corrected chi connectivity index (χ0v) is 25.1. The number of esters is 1. The predicted molar refractivity (Wildman–Crippen MR) is 159 cm³/mol. The molecule has 2 aliphatic heterocycles. The summed E-state index contributed by atoms with van der Waals surface area (Å²) in [6, 6.07) is 17.5. The molecule has 0 aliphatic carbocycles. The summed E-state index contributed by atoms with van der Waals surface area (Å²) in [5.41, 5.74) is 1.89. The third kappa shape index (κ3) is 7.56. The van der Waals surface area contributed by atoms with E-state index in [4.69, 9.17) is 4.74 Å². The molecule has 0 unspecified atom stereocenters. The molecule has 2 aromatic carbocycles. The van der Waals surface area contributed by atoms with Crippen LogP contribution in [-0.4, -0.2) is 77.9 Å². The zero-order valence-electron chi connectivity index (χ0n) is 23.4. The summed E-state index contributed by atoms with van der Waals surface area (Å²) in [6.07, 6.45) is 5.68. The Kier molecular flexibility index (Phi) is 10.9. The second-order valence-electron chi connectivity index (χ2n) is 10.5. The highest BCUT2D eigenvalue weighted by molar-refractivity contribution is 7.98. The van der Waals surface area contributed by atoms with Crippen LogP contribution in [0.2, 0.25) is 0 Å². The van der Waals surface area contributed by atoms with Crippen LogP contribution in [0.15, 0.2) is 60.7 Å². The van der Waals surface area contributed by atoms with Crippen LogP contribution in [-0.2, 0) is 36.0 Å². The molecule has 2 saturated heterocycles. The Morgan fingerprint density at radius 2 is 1.48 bits per heavy atom. The first kappa shape index (κ1) is 30.4. The molecular weight excluding hydrogens is 545 g/mol. The Labute approximate surface area is 241 Å². The Balaban J connectivity index is 1.57. The fourth-order valence-electron chi connectivity index (χ4n) is 5.76. The van der Waals surface area contributed by atoms with E-state index in [-0.39, 0.29) is 11.8 Å². The minimum absolute atomic E-state index is 0.194. The standard InChI is InChI=1S/C30H40N3O5PS/c1-38-30(36)27-16-10-19-33(27)29(35)26-15-9-18-32(26)28(34)25(17-20-40-2)31-39(37,21-23-11-5-3-6-12-23)22-24-13-7-4-8-14-24/h3-8,11-14,25-27H,9-10,15-22H2,1-2H3,(H,31,37)/t25-,26-,27-/m0/s1. The van der Waals surface area contributed by atoms with Gasteiger partial charge in [-0.25, -0.2) is 4.79 Å². The number of hydrogen-bond acceptors (Lipinski definition) is 6. The Bertz CT molecular complexity index is 1150. The summed E-state index contributed by atoms with van der Waals surface area (Å²) < 4.78 is 19.5. The first-order chi connectivity index (χ1) is 19.3. The van der Waals surface area contributed by atoms with Crippen LogP contribution in [0.4, 0.5) is 0 Å². The molecule has 1 N–H and O–H groups in total. The van der Waals surface area contributed by atoms with Crippen LogP contribution in [0.5, 0.6) is 0 Å². The molecule has 0 bridgehead atoms. The third-order valence-corrected chi connectivity index (χ3v) is 10.9. The highest BCUT2D eigenvalue weighted by Gasteiger charge is 2.44. The molecule has 2 aromatic rings. The van der Waals surface area contributed by atoms with Crippen molar-refractivity contribution in [2.45, 2.75) is 62.6 Å². The molecule has 2 amide bonds. The number of nitrogens with one attached hydrogen (secondary N) is 1. The fourth-order valence-corrected chi connectivity index (χ4v) is 8.93. The number of likely N-dealkylation sites (tertiary alicyclic amines) is 2. The lowest BCUT2D eigenvalue weighted by Crippen LogP contribution is -2.54. The number of carbonyl (C=O) groups is 3. The zero-order chi connectivity index (χ0) is 28.5. The predicted octanol–water partition coefficient (Wildman–Crippen LogP) is 4.53. The van der Waals surface area contributed by atoms with Gasteiger partial charge in [0.15, 0.2) is 7.29 Å². The van der Waals surface area contributed by atoms with Gasteiger partial charge >= 0.3 is 5.97 Å². The van der Waals surface area contributed by atoms with Crippen molar-refractivity contribution in [3.8, 4) is 0 Å². The van der Waals surface area contributed by atoms with Gasteiger partial charge in [0.2, 0.25) is 11.8 Å². The SMILES string of the molecule is COC(=O)[C@@H]1CCCN1C(=O)[C@@H]1CCCN1C(=O)[C@H](CCSC)NP(=O)(Cc1ccccc1)Cc1ccccc1. The van der Waals surface area contributed by atoms with Crippen molar-refractivity contribution in [2.24, 2.45) is 0 Å². The average molecular weight is 586 g/mol. The lowest BCUT2D eigenvalue weighted by Gasteiger charge is -2.34. The smallest absolute Gasteiger partial charge is 0.328 e. The summed E-state index contributed by atoms with van der Waals surface area (Å²) in [4.78, 5) is 43.3. The van der Waals surface area contributed by atoms with E-state index in [9.17, 15) is 18.9 Å². The topological polar surface area (TPSA) is 96.0 Å². The second-order valence-corrected chi connectivity index (χ2v) is 14.2. The summed E-state index contributed by atoms with van der Waals surface area (Å²) >= 11 is 1.63. The molecule has 2 aliphatic rings. The molecule has 8 nitrogen and oxygen atoms in total. The van der Waals surface area contributed by atoms with Crippen molar-refractivity contribution in [3.63, 3.8) is 0 Å². The monoisotopic (exact) mass is 585 g/mol. The summed E-state index contributed by atoms with van der Waals surface area (Å²) in [6.45, 7) is 0.944. The van der Waals surface area contributed by atoms with Gasteiger partial charge in [-0.3, -0.25) is 14.7 Å². The van der Waals surface area contributed by atoms with E-state index in [1.165, 1.54) is 7.11 Å². The average Bonchev–Trinajstić information content (AvgIpc) is 3.66. The van der Waals surface area contributed by atoms with Gasteiger partial charge in [-0.2, -0.15) is 11.8 Å². The summed E-state index contributed by atoms with van der Waals surface area (Å²) in [7, 11) is -1.77. The maximum absolute atomic E-state index is 14.6. The van der Waals surface area contributed by atoms with Gasteiger partial charge in [-0.15, -0.1) is 0 Å². The molecule has 40 heavy (non-hydrogen) atoms. The number of hydrogen-bond donors (Lipinski definition) is 1. The number of amides is 2. The quantitative estimate of drug-likeness (QED) is 0.289. The molecule has 0 spiro atoms. The molecular formula is C30H40N3O5PS. The number of methoxy groups -OCH3 is 1. The van der Waals surface area contributed by atoms with Crippen LogP contribution in [0.25, 0.3) is 0 Å². The van der Waals surface area contributed by atoms with Crippen molar-refractivity contribution < 1.29 is 23.7 Å². The molecule has 0 radical (unpaired) electrons. The highest BCUT2D eigenvalue weighted by Crippen LogP contribution is 2.49. The van der Waals surface area contributed by atoms with Crippen LogP contribution in [0.3, 0.4) is 0 Å². The molecule has 2 fully saturated rings.